The number of benzene rings is 2. The highest BCUT2D eigenvalue weighted by molar-refractivity contribution is 5.94. The van der Waals surface area contributed by atoms with Crippen LogP contribution in [0.4, 0.5) is 0 Å². The highest BCUT2D eigenvalue weighted by atomic mass is 16.5. The minimum absolute atomic E-state index is 0.184. The minimum atomic E-state index is -0.957. The Kier molecular flexibility index (Phi) is 5.69. The Morgan fingerprint density at radius 1 is 1.16 bits per heavy atom. The number of fused-ring (bicyclic) bond motifs is 1. The summed E-state index contributed by atoms with van der Waals surface area (Å²) in [6, 6.07) is 15.3. The third kappa shape index (κ3) is 4.27. The fourth-order valence-corrected chi connectivity index (χ4v) is 4.10. The third-order valence-corrected chi connectivity index (χ3v) is 5.87. The maximum absolute atomic E-state index is 12.9. The highest BCUT2D eigenvalue weighted by Gasteiger charge is 2.32. The molecule has 0 fully saturated rings. The number of carbonyl (C=O) groups is 1. The van der Waals surface area contributed by atoms with Gasteiger partial charge in [-0.1, -0.05) is 24.3 Å². The molecule has 0 saturated heterocycles. The first-order chi connectivity index (χ1) is 14.9. The zero-order chi connectivity index (χ0) is 22.0. The van der Waals surface area contributed by atoms with E-state index in [1.165, 1.54) is 10.2 Å². The zero-order valence-electron chi connectivity index (χ0n) is 18.0. The van der Waals surface area contributed by atoms with Crippen LogP contribution in [-0.4, -0.2) is 47.2 Å². The van der Waals surface area contributed by atoms with Gasteiger partial charge < -0.3 is 19.9 Å². The number of nitrogens with zero attached hydrogens (tertiary/aromatic N) is 2. The quantitative estimate of drug-likeness (QED) is 0.639. The Labute approximate surface area is 181 Å². The predicted molar refractivity (Wildman–Crippen MR) is 117 cm³/mol. The summed E-state index contributed by atoms with van der Waals surface area (Å²) in [5.74, 6) is 1.03. The van der Waals surface area contributed by atoms with Crippen LogP contribution in [0.15, 0.2) is 48.5 Å². The molecule has 1 heterocycles. The number of hydrogen-bond acceptors (Lipinski definition) is 5. The SMILES string of the molecule is COc1ccc(OC)c(-c2cc(C(=O)NCC3(O)CCc4ccccc4C3)n(C)n2)c1. The first-order valence-corrected chi connectivity index (χ1v) is 10.3. The lowest BCUT2D eigenvalue weighted by molar-refractivity contribution is 0.0258. The number of methoxy groups -OCH3 is 2. The average Bonchev–Trinajstić information content (AvgIpc) is 3.18. The summed E-state index contributed by atoms with van der Waals surface area (Å²) in [5.41, 5.74) is 3.19. The molecule has 1 aliphatic carbocycles. The van der Waals surface area contributed by atoms with Gasteiger partial charge in [0.25, 0.3) is 5.91 Å². The molecule has 0 bridgehead atoms. The number of aromatic nitrogens is 2. The van der Waals surface area contributed by atoms with Crippen LogP contribution in [0.5, 0.6) is 11.5 Å². The topological polar surface area (TPSA) is 85.6 Å². The van der Waals surface area contributed by atoms with Gasteiger partial charge in [-0.2, -0.15) is 5.10 Å². The van der Waals surface area contributed by atoms with E-state index in [0.717, 1.165) is 17.5 Å². The summed E-state index contributed by atoms with van der Waals surface area (Å²) in [5, 5.41) is 18.4. The molecule has 1 aromatic heterocycles. The highest BCUT2D eigenvalue weighted by Crippen LogP contribution is 2.33. The molecule has 7 nitrogen and oxygen atoms in total. The molecule has 31 heavy (non-hydrogen) atoms. The lowest BCUT2D eigenvalue weighted by Gasteiger charge is -2.33. The summed E-state index contributed by atoms with van der Waals surface area (Å²) >= 11 is 0. The summed E-state index contributed by atoms with van der Waals surface area (Å²) in [6.07, 6.45) is 1.94. The number of ether oxygens (including phenoxy) is 2. The Bertz CT molecular complexity index is 1110. The van der Waals surface area contributed by atoms with Gasteiger partial charge in [-0.3, -0.25) is 9.48 Å². The van der Waals surface area contributed by atoms with Crippen molar-refractivity contribution in [3.63, 3.8) is 0 Å². The number of rotatable bonds is 6. The molecule has 1 atom stereocenters. The molecular formula is C24H27N3O4. The normalized spacial score (nSPS) is 17.7. The number of aliphatic hydroxyl groups is 1. The summed E-state index contributed by atoms with van der Waals surface area (Å²) in [6.45, 7) is 0.184. The van der Waals surface area contributed by atoms with Crippen molar-refractivity contribution in [2.45, 2.75) is 24.9 Å². The number of nitrogens with one attached hydrogen (secondary N) is 1. The molecule has 1 aliphatic rings. The van der Waals surface area contributed by atoms with E-state index in [9.17, 15) is 9.90 Å². The van der Waals surface area contributed by atoms with Crippen molar-refractivity contribution < 1.29 is 19.4 Å². The van der Waals surface area contributed by atoms with Gasteiger partial charge in [0, 0.05) is 25.6 Å². The van der Waals surface area contributed by atoms with Crippen LogP contribution in [0.3, 0.4) is 0 Å². The van der Waals surface area contributed by atoms with Crippen LogP contribution in [0, 0.1) is 0 Å². The number of carbonyl (C=O) groups excluding carboxylic acids is 1. The fraction of sp³-hybridized carbons (Fsp3) is 0.333. The summed E-state index contributed by atoms with van der Waals surface area (Å²) in [4.78, 5) is 12.9. The molecule has 2 N–H and O–H groups in total. The second-order valence-electron chi connectivity index (χ2n) is 7.96. The van der Waals surface area contributed by atoms with Gasteiger partial charge >= 0.3 is 0 Å². The van der Waals surface area contributed by atoms with E-state index in [2.05, 4.69) is 16.5 Å². The molecule has 7 heteroatoms. The van der Waals surface area contributed by atoms with Crippen LogP contribution in [-0.2, 0) is 19.9 Å². The minimum Gasteiger partial charge on any atom is -0.497 e. The van der Waals surface area contributed by atoms with Crippen LogP contribution in [0.1, 0.15) is 28.0 Å². The van der Waals surface area contributed by atoms with Crippen LogP contribution >= 0.6 is 0 Å². The van der Waals surface area contributed by atoms with Crippen LogP contribution in [0.25, 0.3) is 11.3 Å². The molecule has 4 rings (SSSR count). The van der Waals surface area contributed by atoms with E-state index in [4.69, 9.17) is 9.47 Å². The van der Waals surface area contributed by atoms with E-state index in [1.807, 2.05) is 30.3 Å². The van der Waals surface area contributed by atoms with Gasteiger partial charge in [0.05, 0.1) is 25.5 Å². The standard InChI is InChI=1S/C24H27N3O4/c1-27-21(13-20(26-27)19-12-18(30-2)8-9-22(19)31-3)23(28)25-15-24(29)11-10-16-6-4-5-7-17(16)14-24/h4-9,12-13,29H,10-11,14-15H2,1-3H3,(H,25,28). The molecule has 0 radical (unpaired) electrons. The van der Waals surface area contributed by atoms with Gasteiger partial charge in [0.1, 0.15) is 17.2 Å². The van der Waals surface area contributed by atoms with Crippen molar-refractivity contribution >= 4 is 5.91 Å². The summed E-state index contributed by atoms with van der Waals surface area (Å²) < 4.78 is 12.3. The Hall–Kier alpha value is -3.32. The van der Waals surface area contributed by atoms with E-state index in [1.54, 1.807) is 33.4 Å². The van der Waals surface area contributed by atoms with Gasteiger partial charge in [-0.05, 0) is 48.2 Å². The van der Waals surface area contributed by atoms with E-state index >= 15 is 0 Å². The predicted octanol–water partition coefficient (Wildman–Crippen LogP) is 2.75. The largest absolute Gasteiger partial charge is 0.497 e. The number of aryl methyl sites for hydroxylation is 2. The number of hydrogen-bond donors (Lipinski definition) is 2. The van der Waals surface area contributed by atoms with Crippen molar-refractivity contribution in [1.29, 1.82) is 0 Å². The summed E-state index contributed by atoms with van der Waals surface area (Å²) in [7, 11) is 4.90. The fourth-order valence-electron chi connectivity index (χ4n) is 4.10. The van der Waals surface area contributed by atoms with Crippen molar-refractivity contribution in [2.75, 3.05) is 20.8 Å². The number of amides is 1. The molecule has 2 aromatic carbocycles. The molecule has 162 valence electrons. The zero-order valence-corrected chi connectivity index (χ0v) is 18.0. The Morgan fingerprint density at radius 3 is 2.68 bits per heavy atom. The van der Waals surface area contributed by atoms with Gasteiger partial charge in [-0.15, -0.1) is 0 Å². The van der Waals surface area contributed by atoms with Gasteiger partial charge in [0.15, 0.2) is 0 Å². The maximum Gasteiger partial charge on any atom is 0.269 e. The Morgan fingerprint density at radius 2 is 1.94 bits per heavy atom. The van der Waals surface area contributed by atoms with Crippen LogP contribution in [0.2, 0.25) is 0 Å². The van der Waals surface area contributed by atoms with Gasteiger partial charge in [-0.25, -0.2) is 0 Å². The first-order valence-electron chi connectivity index (χ1n) is 10.3. The van der Waals surface area contributed by atoms with Crippen molar-refractivity contribution in [3.8, 4) is 22.8 Å². The molecular weight excluding hydrogens is 394 g/mol. The van der Waals surface area contributed by atoms with Gasteiger partial charge in [0.2, 0.25) is 0 Å². The molecule has 1 amide bonds. The van der Waals surface area contributed by atoms with Crippen LogP contribution < -0.4 is 14.8 Å². The smallest absolute Gasteiger partial charge is 0.269 e. The maximum atomic E-state index is 12.9. The van der Waals surface area contributed by atoms with E-state index in [0.29, 0.717) is 35.7 Å². The Balaban J connectivity index is 1.50. The lowest BCUT2D eigenvalue weighted by Crippen LogP contribution is -2.47. The second kappa shape index (κ2) is 8.43. The van der Waals surface area contributed by atoms with Crippen molar-refractivity contribution in [3.05, 3.63) is 65.4 Å². The average molecular weight is 421 g/mol. The molecule has 0 spiro atoms. The van der Waals surface area contributed by atoms with E-state index < -0.39 is 5.60 Å². The monoisotopic (exact) mass is 421 g/mol. The molecule has 1 unspecified atom stereocenters. The van der Waals surface area contributed by atoms with Crippen molar-refractivity contribution in [1.82, 2.24) is 15.1 Å². The molecule has 0 saturated carbocycles. The molecule has 3 aromatic rings. The van der Waals surface area contributed by atoms with E-state index in [-0.39, 0.29) is 12.5 Å². The second-order valence-corrected chi connectivity index (χ2v) is 7.96. The molecule has 0 aliphatic heterocycles. The lowest BCUT2D eigenvalue weighted by atomic mass is 9.80. The third-order valence-electron chi connectivity index (χ3n) is 5.87. The van der Waals surface area contributed by atoms with Crippen molar-refractivity contribution in [2.24, 2.45) is 7.05 Å². The first kappa shape index (κ1) is 20.9.